The average molecular weight is 216 g/mol. The van der Waals surface area contributed by atoms with Crippen LogP contribution in [0.5, 0.6) is 0 Å². The topological polar surface area (TPSA) is 26.3 Å². The van der Waals surface area contributed by atoms with Gasteiger partial charge < -0.3 is 4.74 Å². The molecule has 0 aliphatic heterocycles. The first-order chi connectivity index (χ1) is 7.12. The van der Waals surface area contributed by atoms with E-state index in [2.05, 4.69) is 0 Å². The summed E-state index contributed by atoms with van der Waals surface area (Å²) in [5, 5.41) is 0. The second kappa shape index (κ2) is 5.47. The number of ether oxygens (including phenoxy) is 1. The Kier molecular flexibility index (Phi) is 4.55. The number of alkyl halides is 1. The molecule has 1 aliphatic carbocycles. The minimum Gasteiger partial charge on any atom is -0.466 e. The van der Waals surface area contributed by atoms with Gasteiger partial charge in [0, 0.05) is 0 Å². The molecule has 0 saturated heterocycles. The van der Waals surface area contributed by atoms with Crippen LogP contribution in [-0.2, 0) is 9.53 Å². The fourth-order valence-electron chi connectivity index (χ4n) is 2.50. The summed E-state index contributed by atoms with van der Waals surface area (Å²) >= 11 is 0. The van der Waals surface area contributed by atoms with Gasteiger partial charge >= 0.3 is 5.97 Å². The van der Waals surface area contributed by atoms with E-state index in [1.165, 1.54) is 0 Å². The van der Waals surface area contributed by atoms with Crippen LogP contribution in [0.1, 0.15) is 52.4 Å². The largest absolute Gasteiger partial charge is 0.466 e. The van der Waals surface area contributed by atoms with E-state index in [4.69, 9.17) is 4.74 Å². The lowest BCUT2D eigenvalue weighted by atomic mass is 9.69. The standard InChI is InChI=1S/C12H21FO2/c1-3-12(9-11(14)15-4-2)7-5-6-10(13)8-12/h10H,3-9H2,1-2H3. The lowest BCUT2D eigenvalue weighted by Crippen LogP contribution is -2.32. The molecular weight excluding hydrogens is 195 g/mol. The number of esters is 1. The Morgan fingerprint density at radius 1 is 1.53 bits per heavy atom. The molecule has 0 bridgehead atoms. The molecule has 2 nitrogen and oxygen atoms in total. The van der Waals surface area contributed by atoms with Gasteiger partial charge in [-0.25, -0.2) is 4.39 Å². The summed E-state index contributed by atoms with van der Waals surface area (Å²) in [6.07, 6.45) is 3.57. The Bertz CT molecular complexity index is 218. The molecule has 1 rings (SSSR count). The molecule has 0 heterocycles. The highest BCUT2D eigenvalue weighted by atomic mass is 19.1. The second-order valence-corrected chi connectivity index (χ2v) is 4.53. The quantitative estimate of drug-likeness (QED) is 0.674. The summed E-state index contributed by atoms with van der Waals surface area (Å²) in [5.74, 6) is -0.173. The third-order valence-electron chi connectivity index (χ3n) is 3.45. The molecule has 1 fully saturated rings. The van der Waals surface area contributed by atoms with Crippen LogP contribution in [-0.4, -0.2) is 18.7 Å². The molecule has 3 heteroatoms. The number of carbonyl (C=O) groups excluding carboxylic acids is 1. The first kappa shape index (κ1) is 12.5. The normalized spacial score (nSPS) is 31.3. The molecule has 0 aromatic rings. The highest BCUT2D eigenvalue weighted by molar-refractivity contribution is 5.70. The van der Waals surface area contributed by atoms with Crippen LogP contribution in [0.4, 0.5) is 4.39 Å². The van der Waals surface area contributed by atoms with Gasteiger partial charge in [-0.15, -0.1) is 0 Å². The van der Waals surface area contributed by atoms with E-state index in [1.807, 2.05) is 6.92 Å². The van der Waals surface area contributed by atoms with Crippen LogP contribution in [0.15, 0.2) is 0 Å². The summed E-state index contributed by atoms with van der Waals surface area (Å²) in [6, 6.07) is 0. The van der Waals surface area contributed by atoms with E-state index in [1.54, 1.807) is 6.92 Å². The Labute approximate surface area is 91.2 Å². The number of hydrogen-bond donors (Lipinski definition) is 0. The molecule has 0 amide bonds. The maximum absolute atomic E-state index is 13.3. The number of halogens is 1. The third kappa shape index (κ3) is 3.47. The van der Waals surface area contributed by atoms with Crippen LogP contribution in [0.2, 0.25) is 0 Å². The van der Waals surface area contributed by atoms with Crippen molar-refractivity contribution < 1.29 is 13.9 Å². The molecule has 1 saturated carbocycles. The summed E-state index contributed by atoms with van der Waals surface area (Å²) in [6.45, 7) is 4.25. The predicted octanol–water partition coefficient (Wildman–Crippen LogP) is 3.25. The molecule has 88 valence electrons. The molecule has 0 aromatic carbocycles. The Morgan fingerprint density at radius 3 is 2.80 bits per heavy atom. The average Bonchev–Trinajstić information content (AvgIpc) is 2.18. The fourth-order valence-corrected chi connectivity index (χ4v) is 2.50. The molecule has 2 unspecified atom stereocenters. The summed E-state index contributed by atoms with van der Waals surface area (Å²) in [5.41, 5.74) is -0.135. The third-order valence-corrected chi connectivity index (χ3v) is 3.45. The summed E-state index contributed by atoms with van der Waals surface area (Å²) in [4.78, 5) is 11.4. The highest BCUT2D eigenvalue weighted by Gasteiger charge is 2.37. The highest BCUT2D eigenvalue weighted by Crippen LogP contribution is 2.43. The van der Waals surface area contributed by atoms with Crippen LogP contribution < -0.4 is 0 Å². The summed E-state index contributed by atoms with van der Waals surface area (Å²) in [7, 11) is 0. The Morgan fingerprint density at radius 2 is 2.27 bits per heavy atom. The van der Waals surface area contributed by atoms with Gasteiger partial charge in [0.2, 0.25) is 0 Å². The molecule has 0 radical (unpaired) electrons. The van der Waals surface area contributed by atoms with Gasteiger partial charge in [-0.05, 0) is 44.4 Å². The van der Waals surface area contributed by atoms with Crippen molar-refractivity contribution in [1.82, 2.24) is 0 Å². The van der Waals surface area contributed by atoms with Crippen molar-refractivity contribution in [2.45, 2.75) is 58.5 Å². The van der Waals surface area contributed by atoms with Gasteiger partial charge in [0.1, 0.15) is 6.17 Å². The van der Waals surface area contributed by atoms with E-state index in [-0.39, 0.29) is 11.4 Å². The zero-order valence-electron chi connectivity index (χ0n) is 9.72. The van der Waals surface area contributed by atoms with Gasteiger partial charge in [-0.3, -0.25) is 4.79 Å². The zero-order chi connectivity index (χ0) is 11.3. The van der Waals surface area contributed by atoms with Crippen molar-refractivity contribution in [3.05, 3.63) is 0 Å². The lowest BCUT2D eigenvalue weighted by molar-refractivity contribution is -0.147. The van der Waals surface area contributed by atoms with Crippen molar-refractivity contribution in [1.29, 1.82) is 0 Å². The first-order valence-electron chi connectivity index (χ1n) is 5.91. The Balaban J connectivity index is 2.55. The SMILES string of the molecule is CCOC(=O)CC1(CC)CCCC(F)C1. The van der Waals surface area contributed by atoms with Crippen molar-refractivity contribution in [2.75, 3.05) is 6.61 Å². The van der Waals surface area contributed by atoms with E-state index in [9.17, 15) is 9.18 Å². The maximum atomic E-state index is 13.3. The van der Waals surface area contributed by atoms with Crippen molar-refractivity contribution in [3.8, 4) is 0 Å². The first-order valence-corrected chi connectivity index (χ1v) is 5.91. The van der Waals surface area contributed by atoms with Gasteiger partial charge in [-0.2, -0.15) is 0 Å². The Hall–Kier alpha value is -0.600. The van der Waals surface area contributed by atoms with Gasteiger partial charge in [-0.1, -0.05) is 6.92 Å². The van der Waals surface area contributed by atoms with E-state index in [0.29, 0.717) is 25.9 Å². The van der Waals surface area contributed by atoms with Crippen LogP contribution >= 0.6 is 0 Å². The maximum Gasteiger partial charge on any atom is 0.306 e. The van der Waals surface area contributed by atoms with Gasteiger partial charge in [0.15, 0.2) is 0 Å². The van der Waals surface area contributed by atoms with E-state index >= 15 is 0 Å². The number of carbonyl (C=O) groups is 1. The lowest BCUT2D eigenvalue weighted by Gasteiger charge is -2.37. The van der Waals surface area contributed by atoms with Crippen molar-refractivity contribution in [3.63, 3.8) is 0 Å². The van der Waals surface area contributed by atoms with Crippen molar-refractivity contribution in [2.24, 2.45) is 5.41 Å². The second-order valence-electron chi connectivity index (χ2n) is 4.53. The number of hydrogen-bond acceptors (Lipinski definition) is 2. The van der Waals surface area contributed by atoms with Gasteiger partial charge in [0.05, 0.1) is 13.0 Å². The van der Waals surface area contributed by atoms with Crippen molar-refractivity contribution >= 4 is 5.97 Å². The monoisotopic (exact) mass is 216 g/mol. The van der Waals surface area contributed by atoms with Crippen LogP contribution in [0.25, 0.3) is 0 Å². The minimum atomic E-state index is -0.729. The fraction of sp³-hybridized carbons (Fsp3) is 0.917. The summed E-state index contributed by atoms with van der Waals surface area (Å²) < 4.78 is 18.3. The van der Waals surface area contributed by atoms with Crippen LogP contribution in [0.3, 0.4) is 0 Å². The smallest absolute Gasteiger partial charge is 0.306 e. The minimum absolute atomic E-state index is 0.135. The molecule has 2 atom stereocenters. The van der Waals surface area contributed by atoms with E-state index in [0.717, 1.165) is 19.3 Å². The molecule has 0 N–H and O–H groups in total. The van der Waals surface area contributed by atoms with Gasteiger partial charge in [0.25, 0.3) is 0 Å². The van der Waals surface area contributed by atoms with Crippen LogP contribution in [0, 0.1) is 5.41 Å². The van der Waals surface area contributed by atoms with E-state index < -0.39 is 6.17 Å². The zero-order valence-corrected chi connectivity index (χ0v) is 9.72. The molecule has 1 aliphatic rings. The predicted molar refractivity (Wildman–Crippen MR) is 57.3 cm³/mol. The molecule has 0 spiro atoms. The number of rotatable bonds is 4. The molecule has 0 aromatic heterocycles. The molecular formula is C12H21FO2. The molecule has 15 heavy (non-hydrogen) atoms.